The number of hydrogen-bond acceptors (Lipinski definition) is 3. The normalized spacial score (nSPS) is 16.7. The van der Waals surface area contributed by atoms with E-state index in [2.05, 4.69) is 35.6 Å². The van der Waals surface area contributed by atoms with E-state index in [0.29, 0.717) is 12.6 Å². The summed E-state index contributed by atoms with van der Waals surface area (Å²) >= 11 is 0. The Balaban J connectivity index is 1.67. The summed E-state index contributed by atoms with van der Waals surface area (Å²) in [6, 6.07) is 15.4. The molecule has 0 aliphatic heterocycles. The maximum atomic E-state index is 5.79. The van der Waals surface area contributed by atoms with Crippen LogP contribution in [0, 0.1) is 0 Å². The fourth-order valence-electron chi connectivity index (χ4n) is 3.30. The number of rotatable bonds is 6. The van der Waals surface area contributed by atoms with E-state index in [1.165, 1.54) is 17.5 Å². The van der Waals surface area contributed by atoms with Gasteiger partial charge < -0.3 is 14.8 Å². The highest BCUT2D eigenvalue weighted by atomic mass is 16.5. The Kier molecular flexibility index (Phi) is 5.19. The van der Waals surface area contributed by atoms with Crippen molar-refractivity contribution in [2.24, 2.45) is 0 Å². The number of aryl methyl sites for hydroxylation is 1. The Bertz CT molecular complexity index is 654. The van der Waals surface area contributed by atoms with Crippen molar-refractivity contribution >= 4 is 0 Å². The molecule has 3 nitrogen and oxygen atoms in total. The molecule has 2 aromatic carbocycles. The highest BCUT2D eigenvalue weighted by Crippen LogP contribution is 2.31. The zero-order valence-corrected chi connectivity index (χ0v) is 14.0. The van der Waals surface area contributed by atoms with Crippen LogP contribution in [0.2, 0.25) is 0 Å². The molecule has 0 bridgehead atoms. The van der Waals surface area contributed by atoms with Crippen LogP contribution in [0.1, 0.15) is 30.0 Å². The Labute approximate surface area is 138 Å². The van der Waals surface area contributed by atoms with E-state index in [9.17, 15) is 0 Å². The molecule has 1 aliphatic carbocycles. The van der Waals surface area contributed by atoms with Gasteiger partial charge in [-0.05, 0) is 43.4 Å². The average Bonchev–Trinajstić information content (AvgIpc) is 2.60. The number of para-hydroxylation sites is 1. The first-order valence-electron chi connectivity index (χ1n) is 8.40. The van der Waals surface area contributed by atoms with Crippen molar-refractivity contribution in [1.82, 2.24) is 5.32 Å². The molecular formula is C20H25NO2. The number of methoxy groups -OCH3 is 1. The predicted octanol–water partition coefficient (Wildman–Crippen LogP) is 3.74. The number of benzene rings is 2. The van der Waals surface area contributed by atoms with Crippen LogP contribution in [0.4, 0.5) is 0 Å². The highest BCUT2D eigenvalue weighted by Gasteiger charge is 2.18. The van der Waals surface area contributed by atoms with Crippen LogP contribution in [-0.2, 0) is 19.4 Å². The van der Waals surface area contributed by atoms with Gasteiger partial charge in [-0.2, -0.15) is 0 Å². The third-order valence-electron chi connectivity index (χ3n) is 4.50. The van der Waals surface area contributed by atoms with Crippen LogP contribution in [0.3, 0.4) is 0 Å². The Morgan fingerprint density at radius 3 is 2.70 bits per heavy atom. The lowest BCUT2D eigenvalue weighted by Gasteiger charge is -2.26. The molecule has 2 aromatic rings. The molecule has 0 heterocycles. The fraction of sp³-hybridized carbons (Fsp3) is 0.400. The van der Waals surface area contributed by atoms with E-state index in [4.69, 9.17) is 9.47 Å². The Morgan fingerprint density at radius 2 is 1.91 bits per heavy atom. The van der Waals surface area contributed by atoms with Gasteiger partial charge in [-0.3, -0.25) is 0 Å². The van der Waals surface area contributed by atoms with Crippen molar-refractivity contribution in [1.29, 1.82) is 0 Å². The van der Waals surface area contributed by atoms with Gasteiger partial charge in [0, 0.05) is 18.2 Å². The van der Waals surface area contributed by atoms with E-state index in [1.54, 1.807) is 7.11 Å². The molecular weight excluding hydrogens is 286 g/mol. The van der Waals surface area contributed by atoms with Crippen LogP contribution >= 0.6 is 0 Å². The zero-order chi connectivity index (χ0) is 16.1. The van der Waals surface area contributed by atoms with E-state index in [0.717, 1.165) is 36.4 Å². The molecule has 0 unspecified atom stereocenters. The summed E-state index contributed by atoms with van der Waals surface area (Å²) in [6.45, 7) is 3.45. The van der Waals surface area contributed by atoms with E-state index in [-0.39, 0.29) is 0 Å². The topological polar surface area (TPSA) is 30.5 Å². The zero-order valence-electron chi connectivity index (χ0n) is 14.0. The van der Waals surface area contributed by atoms with Gasteiger partial charge in [-0.15, -0.1) is 0 Å². The predicted molar refractivity (Wildman–Crippen MR) is 93.3 cm³/mol. The second-order valence-corrected chi connectivity index (χ2v) is 5.97. The minimum atomic E-state index is 0.519. The van der Waals surface area contributed by atoms with Gasteiger partial charge in [0.05, 0.1) is 13.7 Å². The molecule has 3 heteroatoms. The SMILES string of the molecule is CCOc1c(CN[C@H]2CCc3ccccc3C2)cccc1OC. The third-order valence-corrected chi connectivity index (χ3v) is 4.50. The van der Waals surface area contributed by atoms with Crippen LogP contribution in [0.15, 0.2) is 42.5 Å². The molecule has 0 saturated carbocycles. The Morgan fingerprint density at radius 1 is 1.09 bits per heavy atom. The maximum Gasteiger partial charge on any atom is 0.165 e. The third kappa shape index (κ3) is 3.67. The number of fused-ring (bicyclic) bond motifs is 1. The van der Waals surface area contributed by atoms with Gasteiger partial charge in [0.2, 0.25) is 0 Å². The molecule has 0 spiro atoms. The van der Waals surface area contributed by atoms with Crippen LogP contribution in [-0.4, -0.2) is 19.8 Å². The standard InChI is InChI=1S/C20H25NO2/c1-3-23-20-17(9-6-10-19(20)22-2)14-21-18-12-11-15-7-4-5-8-16(15)13-18/h4-10,18,21H,3,11-14H2,1-2H3/t18-/m0/s1. The molecule has 0 fully saturated rings. The average molecular weight is 311 g/mol. The first kappa shape index (κ1) is 15.9. The van der Waals surface area contributed by atoms with Crippen LogP contribution in [0.25, 0.3) is 0 Å². The summed E-state index contributed by atoms with van der Waals surface area (Å²) in [5.41, 5.74) is 4.14. The minimum absolute atomic E-state index is 0.519. The van der Waals surface area contributed by atoms with E-state index < -0.39 is 0 Å². The smallest absolute Gasteiger partial charge is 0.165 e. The van der Waals surface area contributed by atoms with Crippen LogP contribution < -0.4 is 14.8 Å². The maximum absolute atomic E-state index is 5.79. The van der Waals surface area contributed by atoms with Gasteiger partial charge in [0.1, 0.15) is 0 Å². The lowest BCUT2D eigenvalue weighted by molar-refractivity contribution is 0.305. The second-order valence-electron chi connectivity index (χ2n) is 5.97. The monoisotopic (exact) mass is 311 g/mol. The summed E-state index contributed by atoms with van der Waals surface area (Å²) in [5, 5.41) is 3.69. The molecule has 0 aromatic heterocycles. The van der Waals surface area contributed by atoms with Crippen molar-refractivity contribution in [3.05, 3.63) is 59.2 Å². The molecule has 1 N–H and O–H groups in total. The van der Waals surface area contributed by atoms with E-state index in [1.807, 2.05) is 19.1 Å². The molecule has 1 atom stereocenters. The molecule has 0 amide bonds. The lowest BCUT2D eigenvalue weighted by Crippen LogP contribution is -2.34. The van der Waals surface area contributed by atoms with Gasteiger partial charge in [0.15, 0.2) is 11.5 Å². The molecule has 23 heavy (non-hydrogen) atoms. The van der Waals surface area contributed by atoms with Gasteiger partial charge >= 0.3 is 0 Å². The summed E-state index contributed by atoms with van der Waals surface area (Å²) in [7, 11) is 1.69. The largest absolute Gasteiger partial charge is 0.493 e. The second kappa shape index (κ2) is 7.51. The Hall–Kier alpha value is -2.00. The van der Waals surface area contributed by atoms with Crippen molar-refractivity contribution in [3.63, 3.8) is 0 Å². The highest BCUT2D eigenvalue weighted by molar-refractivity contribution is 5.46. The number of nitrogens with one attached hydrogen (secondary N) is 1. The van der Waals surface area contributed by atoms with Crippen molar-refractivity contribution in [3.8, 4) is 11.5 Å². The molecule has 0 saturated heterocycles. The first-order chi connectivity index (χ1) is 11.3. The van der Waals surface area contributed by atoms with Crippen molar-refractivity contribution in [2.75, 3.05) is 13.7 Å². The molecule has 0 radical (unpaired) electrons. The summed E-state index contributed by atoms with van der Waals surface area (Å²) in [5.74, 6) is 1.67. The minimum Gasteiger partial charge on any atom is -0.493 e. The molecule has 122 valence electrons. The quantitative estimate of drug-likeness (QED) is 0.881. The van der Waals surface area contributed by atoms with Crippen molar-refractivity contribution < 1.29 is 9.47 Å². The van der Waals surface area contributed by atoms with Gasteiger partial charge in [-0.1, -0.05) is 36.4 Å². The van der Waals surface area contributed by atoms with Crippen molar-refractivity contribution in [2.45, 2.75) is 38.8 Å². The summed E-state index contributed by atoms with van der Waals surface area (Å²) in [4.78, 5) is 0. The lowest BCUT2D eigenvalue weighted by atomic mass is 9.88. The number of ether oxygens (including phenoxy) is 2. The number of hydrogen-bond donors (Lipinski definition) is 1. The van der Waals surface area contributed by atoms with E-state index >= 15 is 0 Å². The molecule has 1 aliphatic rings. The van der Waals surface area contributed by atoms with Gasteiger partial charge in [-0.25, -0.2) is 0 Å². The van der Waals surface area contributed by atoms with Crippen LogP contribution in [0.5, 0.6) is 11.5 Å². The summed E-state index contributed by atoms with van der Waals surface area (Å²) in [6.07, 6.45) is 3.44. The first-order valence-corrected chi connectivity index (χ1v) is 8.40. The fourth-order valence-corrected chi connectivity index (χ4v) is 3.30. The molecule has 3 rings (SSSR count). The summed E-state index contributed by atoms with van der Waals surface area (Å²) < 4.78 is 11.2. The van der Waals surface area contributed by atoms with Gasteiger partial charge in [0.25, 0.3) is 0 Å².